The van der Waals surface area contributed by atoms with Crippen LogP contribution >= 0.6 is 0 Å². The SMILES string of the molecule is NCCCC[C@H](N)C(=O)NCC(=O)N1CCC[C@H]1C=O. The highest BCUT2D eigenvalue weighted by atomic mass is 16.2. The Morgan fingerprint density at radius 1 is 1.40 bits per heavy atom. The van der Waals surface area contributed by atoms with Crippen molar-refractivity contribution < 1.29 is 14.4 Å². The van der Waals surface area contributed by atoms with Crippen molar-refractivity contribution >= 4 is 18.1 Å². The summed E-state index contributed by atoms with van der Waals surface area (Å²) in [7, 11) is 0. The van der Waals surface area contributed by atoms with Gasteiger partial charge in [-0.2, -0.15) is 0 Å². The van der Waals surface area contributed by atoms with Crippen molar-refractivity contribution in [1.29, 1.82) is 0 Å². The third-order valence-electron chi connectivity index (χ3n) is 3.50. The monoisotopic (exact) mass is 284 g/mol. The zero-order valence-corrected chi connectivity index (χ0v) is 11.7. The van der Waals surface area contributed by atoms with Crippen molar-refractivity contribution in [2.24, 2.45) is 11.5 Å². The zero-order chi connectivity index (χ0) is 15.0. The molecule has 1 heterocycles. The third-order valence-corrected chi connectivity index (χ3v) is 3.50. The normalized spacial score (nSPS) is 19.7. The first-order chi connectivity index (χ1) is 9.60. The quantitative estimate of drug-likeness (QED) is 0.380. The maximum Gasteiger partial charge on any atom is 0.242 e. The minimum Gasteiger partial charge on any atom is -0.346 e. The number of amides is 2. The number of rotatable bonds is 8. The van der Waals surface area contributed by atoms with Crippen LogP contribution in [0, 0.1) is 0 Å². The van der Waals surface area contributed by atoms with Crippen LogP contribution in [0.15, 0.2) is 0 Å². The summed E-state index contributed by atoms with van der Waals surface area (Å²) in [5, 5.41) is 2.53. The Morgan fingerprint density at radius 2 is 2.15 bits per heavy atom. The number of hydrogen-bond acceptors (Lipinski definition) is 5. The van der Waals surface area contributed by atoms with Crippen molar-refractivity contribution in [3.63, 3.8) is 0 Å². The standard InChI is InChI=1S/C13H24N4O3/c14-6-2-1-5-11(15)13(20)16-8-12(19)17-7-3-4-10(17)9-18/h9-11H,1-8,14-15H2,(H,16,20)/t10-,11-/m0/s1. The van der Waals surface area contributed by atoms with Crippen molar-refractivity contribution in [1.82, 2.24) is 10.2 Å². The fourth-order valence-electron chi connectivity index (χ4n) is 2.28. The Balaban J connectivity index is 2.29. The average Bonchev–Trinajstić information content (AvgIpc) is 2.92. The first-order valence-electron chi connectivity index (χ1n) is 7.08. The van der Waals surface area contributed by atoms with Crippen molar-refractivity contribution in [3.05, 3.63) is 0 Å². The molecule has 0 aromatic rings. The maximum absolute atomic E-state index is 11.9. The topological polar surface area (TPSA) is 119 Å². The second-order valence-corrected chi connectivity index (χ2v) is 5.04. The molecule has 0 radical (unpaired) electrons. The van der Waals surface area contributed by atoms with E-state index in [1.807, 2.05) is 0 Å². The molecule has 0 bridgehead atoms. The van der Waals surface area contributed by atoms with Crippen LogP contribution in [-0.2, 0) is 14.4 Å². The number of nitrogens with two attached hydrogens (primary N) is 2. The maximum atomic E-state index is 11.9. The lowest BCUT2D eigenvalue weighted by atomic mass is 10.1. The van der Waals surface area contributed by atoms with E-state index in [4.69, 9.17) is 11.5 Å². The summed E-state index contributed by atoms with van der Waals surface area (Å²) in [4.78, 5) is 35.9. The van der Waals surface area contributed by atoms with Gasteiger partial charge >= 0.3 is 0 Å². The van der Waals surface area contributed by atoms with Crippen LogP contribution in [-0.4, -0.2) is 54.7 Å². The van der Waals surface area contributed by atoms with Gasteiger partial charge in [-0.15, -0.1) is 0 Å². The van der Waals surface area contributed by atoms with Crippen molar-refractivity contribution in [2.45, 2.75) is 44.2 Å². The molecule has 0 spiro atoms. The predicted molar refractivity (Wildman–Crippen MR) is 74.7 cm³/mol. The van der Waals surface area contributed by atoms with E-state index in [1.165, 1.54) is 4.90 Å². The molecular weight excluding hydrogens is 260 g/mol. The van der Waals surface area contributed by atoms with E-state index in [9.17, 15) is 14.4 Å². The van der Waals surface area contributed by atoms with Gasteiger partial charge in [-0.25, -0.2) is 0 Å². The molecule has 7 heteroatoms. The summed E-state index contributed by atoms with van der Waals surface area (Å²) in [6, 6.07) is -0.965. The Bertz CT molecular complexity index is 349. The van der Waals surface area contributed by atoms with Crippen LogP contribution < -0.4 is 16.8 Å². The van der Waals surface area contributed by atoms with Gasteiger partial charge < -0.3 is 26.5 Å². The molecule has 2 atom stereocenters. The highest BCUT2D eigenvalue weighted by molar-refractivity contribution is 5.88. The van der Waals surface area contributed by atoms with E-state index in [-0.39, 0.29) is 24.4 Å². The lowest BCUT2D eigenvalue weighted by molar-refractivity contribution is -0.135. The fraction of sp³-hybridized carbons (Fsp3) is 0.769. The van der Waals surface area contributed by atoms with Crippen molar-refractivity contribution in [2.75, 3.05) is 19.6 Å². The third kappa shape index (κ3) is 4.90. The number of likely N-dealkylation sites (tertiary alicyclic amines) is 1. The molecule has 1 rings (SSSR count). The van der Waals surface area contributed by atoms with Gasteiger partial charge in [-0.3, -0.25) is 9.59 Å². The van der Waals surface area contributed by atoms with Crippen LogP contribution in [0.5, 0.6) is 0 Å². The van der Waals surface area contributed by atoms with E-state index < -0.39 is 6.04 Å². The van der Waals surface area contributed by atoms with E-state index in [1.54, 1.807) is 0 Å². The summed E-state index contributed by atoms with van der Waals surface area (Å²) in [5.41, 5.74) is 11.1. The molecule has 5 N–H and O–H groups in total. The number of nitrogens with one attached hydrogen (secondary N) is 1. The summed E-state index contributed by atoms with van der Waals surface area (Å²) in [5.74, 6) is -0.570. The van der Waals surface area contributed by atoms with Gasteiger partial charge in [-0.1, -0.05) is 6.42 Å². The Morgan fingerprint density at radius 3 is 2.80 bits per heavy atom. The first kappa shape index (κ1) is 16.6. The Kier molecular flexibility index (Phi) is 7.17. The molecule has 20 heavy (non-hydrogen) atoms. The summed E-state index contributed by atoms with van der Waals surface area (Å²) >= 11 is 0. The summed E-state index contributed by atoms with van der Waals surface area (Å²) in [6.07, 6.45) is 4.47. The van der Waals surface area contributed by atoms with Gasteiger partial charge in [0, 0.05) is 6.54 Å². The van der Waals surface area contributed by atoms with E-state index in [0.717, 1.165) is 25.5 Å². The van der Waals surface area contributed by atoms with E-state index >= 15 is 0 Å². The molecular formula is C13H24N4O3. The number of carbonyl (C=O) groups is 3. The number of aldehydes is 1. The molecule has 0 aromatic heterocycles. The number of hydrogen-bond donors (Lipinski definition) is 3. The van der Waals surface area contributed by atoms with Gasteiger partial charge in [0.05, 0.1) is 18.6 Å². The number of nitrogens with zero attached hydrogens (tertiary/aromatic N) is 1. The molecule has 0 aliphatic carbocycles. The second kappa shape index (κ2) is 8.65. The van der Waals surface area contributed by atoms with Crippen LogP contribution in [0.4, 0.5) is 0 Å². The van der Waals surface area contributed by atoms with E-state index in [2.05, 4.69) is 5.32 Å². The van der Waals surface area contributed by atoms with E-state index in [0.29, 0.717) is 25.9 Å². The first-order valence-corrected chi connectivity index (χ1v) is 7.08. The molecule has 1 fully saturated rings. The Labute approximate surface area is 119 Å². The lowest BCUT2D eigenvalue weighted by Crippen LogP contribution is -2.47. The number of unbranched alkanes of at least 4 members (excludes halogenated alkanes) is 1. The van der Waals surface area contributed by atoms with Crippen LogP contribution in [0.1, 0.15) is 32.1 Å². The molecule has 1 saturated heterocycles. The molecule has 7 nitrogen and oxygen atoms in total. The zero-order valence-electron chi connectivity index (χ0n) is 11.7. The van der Waals surface area contributed by atoms with Gasteiger partial charge in [0.15, 0.2) is 0 Å². The highest BCUT2D eigenvalue weighted by Gasteiger charge is 2.28. The summed E-state index contributed by atoms with van der Waals surface area (Å²) in [6.45, 7) is 1.04. The Hall–Kier alpha value is -1.47. The molecule has 114 valence electrons. The lowest BCUT2D eigenvalue weighted by Gasteiger charge is -2.21. The van der Waals surface area contributed by atoms with Gasteiger partial charge in [0.1, 0.15) is 6.29 Å². The molecule has 0 unspecified atom stereocenters. The average molecular weight is 284 g/mol. The minimum atomic E-state index is -0.616. The minimum absolute atomic E-state index is 0.103. The highest BCUT2D eigenvalue weighted by Crippen LogP contribution is 2.14. The molecule has 1 aliphatic heterocycles. The molecule has 0 aromatic carbocycles. The molecule has 2 amide bonds. The predicted octanol–water partition coefficient (Wildman–Crippen LogP) is -1.25. The second-order valence-electron chi connectivity index (χ2n) is 5.04. The number of carbonyl (C=O) groups excluding carboxylic acids is 3. The molecule has 0 saturated carbocycles. The smallest absolute Gasteiger partial charge is 0.242 e. The van der Waals surface area contributed by atoms with Gasteiger partial charge in [0.25, 0.3) is 0 Å². The fourth-order valence-corrected chi connectivity index (χ4v) is 2.28. The summed E-state index contributed by atoms with van der Waals surface area (Å²) < 4.78 is 0. The van der Waals surface area contributed by atoms with Gasteiger partial charge in [0.2, 0.25) is 11.8 Å². The largest absolute Gasteiger partial charge is 0.346 e. The molecule has 1 aliphatic rings. The van der Waals surface area contributed by atoms with Crippen LogP contribution in [0.25, 0.3) is 0 Å². The van der Waals surface area contributed by atoms with Crippen molar-refractivity contribution in [3.8, 4) is 0 Å². The van der Waals surface area contributed by atoms with Crippen LogP contribution in [0.3, 0.4) is 0 Å². The van der Waals surface area contributed by atoms with Crippen LogP contribution in [0.2, 0.25) is 0 Å². The van der Waals surface area contributed by atoms with Gasteiger partial charge in [-0.05, 0) is 32.2 Å².